The summed E-state index contributed by atoms with van der Waals surface area (Å²) in [6.07, 6.45) is -0.142. The molecule has 0 radical (unpaired) electrons. The molecule has 1 aromatic carbocycles. The average Bonchev–Trinajstić information content (AvgIpc) is 3.21. The number of carboxylic acids is 1. The number of benzene rings is 1. The first-order valence-electron chi connectivity index (χ1n) is 11.5. The Morgan fingerprint density at radius 3 is 2.54 bits per heavy atom. The zero-order valence-corrected chi connectivity index (χ0v) is 22.6. The molecule has 2 amide bonds. The molecule has 2 aliphatic rings. The summed E-state index contributed by atoms with van der Waals surface area (Å²) >= 11 is 19.3. The van der Waals surface area contributed by atoms with Crippen molar-refractivity contribution < 1.29 is 19.5 Å². The van der Waals surface area contributed by atoms with Gasteiger partial charge in [0.05, 0.1) is 22.2 Å². The number of piperidine rings is 1. The van der Waals surface area contributed by atoms with Crippen molar-refractivity contribution in [1.29, 1.82) is 0 Å². The number of carbonyl (C=O) groups is 3. The predicted molar refractivity (Wildman–Crippen MR) is 142 cm³/mol. The molecule has 3 heterocycles. The molecule has 2 fully saturated rings. The number of thiazole rings is 1. The van der Waals surface area contributed by atoms with Crippen LogP contribution in [0.3, 0.4) is 0 Å². The molecule has 1 saturated heterocycles. The maximum absolute atomic E-state index is 12.6. The fraction of sp³-hybridized carbons (Fsp3) is 0.333. The predicted octanol–water partition coefficient (Wildman–Crippen LogP) is 4.16. The second-order valence-corrected chi connectivity index (χ2v) is 11.3. The Hall–Kier alpha value is -2.79. The molecule has 4 N–H and O–H groups in total. The highest BCUT2D eigenvalue weighted by atomic mass is 35.5. The van der Waals surface area contributed by atoms with Gasteiger partial charge in [-0.05, 0) is 24.6 Å². The SMILES string of the molecule is Cc1[nH]c(C(=O)NC2[C@H]3CN(c4nc(CC(=O)NCc5cccc(Cl)c5)c(C(=O)O)s4)C[C@@H]23)c(Cl)c1Cl. The Morgan fingerprint density at radius 2 is 1.92 bits per heavy atom. The van der Waals surface area contributed by atoms with E-state index in [9.17, 15) is 19.5 Å². The van der Waals surface area contributed by atoms with E-state index in [1.807, 2.05) is 11.0 Å². The number of aromatic carboxylic acids is 1. The number of hydrogen-bond donors (Lipinski definition) is 4. The van der Waals surface area contributed by atoms with Crippen LogP contribution in [0.25, 0.3) is 0 Å². The summed E-state index contributed by atoms with van der Waals surface area (Å²) in [7, 11) is 0. The quantitative estimate of drug-likeness (QED) is 0.316. The molecular formula is C24H22Cl3N5O4S. The minimum atomic E-state index is -1.12. The summed E-state index contributed by atoms with van der Waals surface area (Å²) in [5.41, 5.74) is 1.95. The van der Waals surface area contributed by atoms with Crippen LogP contribution in [0.2, 0.25) is 15.1 Å². The van der Waals surface area contributed by atoms with Crippen LogP contribution in [-0.2, 0) is 17.8 Å². The van der Waals surface area contributed by atoms with Crippen molar-refractivity contribution in [1.82, 2.24) is 20.6 Å². The van der Waals surface area contributed by atoms with Crippen LogP contribution in [0.5, 0.6) is 0 Å². The summed E-state index contributed by atoms with van der Waals surface area (Å²) in [5.74, 6) is -1.32. The van der Waals surface area contributed by atoms with Gasteiger partial charge in [0.25, 0.3) is 5.91 Å². The number of H-pyrrole nitrogens is 1. The lowest BCUT2D eigenvalue weighted by Gasteiger charge is -2.19. The second kappa shape index (κ2) is 10.2. The molecule has 1 aliphatic carbocycles. The van der Waals surface area contributed by atoms with Crippen LogP contribution in [0.4, 0.5) is 5.13 Å². The summed E-state index contributed by atoms with van der Waals surface area (Å²) in [5, 5.41) is 17.1. The monoisotopic (exact) mass is 581 g/mol. The van der Waals surface area contributed by atoms with E-state index >= 15 is 0 Å². The zero-order valence-electron chi connectivity index (χ0n) is 19.5. The molecular weight excluding hydrogens is 561 g/mol. The Morgan fingerprint density at radius 1 is 1.19 bits per heavy atom. The van der Waals surface area contributed by atoms with E-state index in [2.05, 4.69) is 20.6 Å². The number of nitrogens with zero attached hydrogens (tertiary/aromatic N) is 2. The van der Waals surface area contributed by atoms with E-state index < -0.39 is 5.97 Å². The van der Waals surface area contributed by atoms with Gasteiger partial charge < -0.3 is 25.6 Å². The molecule has 37 heavy (non-hydrogen) atoms. The fourth-order valence-corrected chi connectivity index (χ4v) is 6.24. The first kappa shape index (κ1) is 25.8. The molecule has 1 unspecified atom stereocenters. The highest BCUT2D eigenvalue weighted by molar-refractivity contribution is 7.17. The van der Waals surface area contributed by atoms with Crippen LogP contribution < -0.4 is 15.5 Å². The van der Waals surface area contributed by atoms with Crippen LogP contribution in [0.1, 0.15) is 37.1 Å². The van der Waals surface area contributed by atoms with E-state index in [4.69, 9.17) is 34.8 Å². The topological polar surface area (TPSA) is 127 Å². The zero-order chi connectivity index (χ0) is 26.4. The van der Waals surface area contributed by atoms with E-state index in [0.29, 0.717) is 34.0 Å². The minimum absolute atomic E-state index is 0.00200. The van der Waals surface area contributed by atoms with E-state index in [1.54, 1.807) is 25.1 Å². The summed E-state index contributed by atoms with van der Waals surface area (Å²) < 4.78 is 0. The Bertz CT molecular complexity index is 1390. The van der Waals surface area contributed by atoms with Gasteiger partial charge in [0.15, 0.2) is 5.13 Å². The van der Waals surface area contributed by atoms with E-state index in [1.165, 1.54) is 0 Å². The number of aromatic amines is 1. The van der Waals surface area contributed by atoms with Gasteiger partial charge in [-0.15, -0.1) is 0 Å². The Labute approximate surface area is 231 Å². The molecule has 9 nitrogen and oxygen atoms in total. The molecule has 1 aliphatic heterocycles. The van der Waals surface area contributed by atoms with Crippen molar-refractivity contribution in [2.75, 3.05) is 18.0 Å². The van der Waals surface area contributed by atoms with Gasteiger partial charge in [0.1, 0.15) is 10.6 Å². The van der Waals surface area contributed by atoms with E-state index in [0.717, 1.165) is 16.9 Å². The number of rotatable bonds is 8. The highest BCUT2D eigenvalue weighted by Crippen LogP contribution is 2.48. The maximum Gasteiger partial charge on any atom is 0.347 e. The minimum Gasteiger partial charge on any atom is -0.477 e. The number of fused-ring (bicyclic) bond motifs is 1. The van der Waals surface area contributed by atoms with Gasteiger partial charge in [-0.1, -0.05) is 58.3 Å². The number of amides is 2. The lowest BCUT2D eigenvalue weighted by Crippen LogP contribution is -2.35. The highest BCUT2D eigenvalue weighted by Gasteiger charge is 2.57. The summed E-state index contributed by atoms with van der Waals surface area (Å²) in [4.78, 5) is 46.4. The van der Waals surface area contributed by atoms with Gasteiger partial charge in [0, 0.05) is 48.2 Å². The third-order valence-electron chi connectivity index (χ3n) is 6.63. The molecule has 1 saturated carbocycles. The Kier molecular flexibility index (Phi) is 7.10. The van der Waals surface area contributed by atoms with Crippen molar-refractivity contribution in [2.45, 2.75) is 25.9 Å². The summed E-state index contributed by atoms with van der Waals surface area (Å²) in [6, 6.07) is 7.13. The van der Waals surface area contributed by atoms with Crippen molar-refractivity contribution in [3.8, 4) is 0 Å². The summed E-state index contributed by atoms with van der Waals surface area (Å²) in [6.45, 7) is 3.27. The lowest BCUT2D eigenvalue weighted by atomic mass is 10.2. The Balaban J connectivity index is 1.18. The van der Waals surface area contributed by atoms with Gasteiger partial charge in [0.2, 0.25) is 5.91 Å². The van der Waals surface area contributed by atoms with E-state index in [-0.39, 0.29) is 63.9 Å². The van der Waals surface area contributed by atoms with Crippen molar-refractivity contribution in [3.05, 3.63) is 66.9 Å². The van der Waals surface area contributed by atoms with Gasteiger partial charge in [-0.3, -0.25) is 9.59 Å². The number of carboxylic acid groups (broad SMARTS) is 1. The number of aromatic nitrogens is 2. The number of aryl methyl sites for hydroxylation is 1. The van der Waals surface area contributed by atoms with Gasteiger partial charge in [-0.25, -0.2) is 9.78 Å². The average molecular weight is 583 g/mol. The van der Waals surface area contributed by atoms with Crippen LogP contribution in [0.15, 0.2) is 24.3 Å². The standard InChI is InChI=1S/C24H22Cl3N5O4S/c1-10-17(26)18(27)20(29-10)22(34)31-19-13-8-32(9-14(13)19)24-30-15(21(37-24)23(35)36)6-16(33)28-7-11-3-2-4-12(25)5-11/h2-5,13-14,19,29H,6-9H2,1H3,(H,28,33)(H,31,34)(H,35,36)/t13-,14+,19?. The molecule has 13 heteroatoms. The number of hydrogen-bond acceptors (Lipinski definition) is 6. The number of halogens is 3. The molecule has 0 spiro atoms. The largest absolute Gasteiger partial charge is 0.477 e. The first-order chi connectivity index (χ1) is 17.6. The van der Waals surface area contributed by atoms with Gasteiger partial charge in [-0.2, -0.15) is 0 Å². The third-order valence-corrected chi connectivity index (χ3v) is 8.96. The van der Waals surface area contributed by atoms with Crippen molar-refractivity contribution in [2.24, 2.45) is 11.8 Å². The molecule has 194 valence electrons. The second-order valence-electron chi connectivity index (χ2n) is 9.15. The lowest BCUT2D eigenvalue weighted by molar-refractivity contribution is -0.120. The van der Waals surface area contributed by atoms with Crippen LogP contribution in [0, 0.1) is 18.8 Å². The third kappa shape index (κ3) is 5.29. The molecule has 0 bridgehead atoms. The molecule has 2 aromatic heterocycles. The normalized spacial score (nSPS) is 20.0. The van der Waals surface area contributed by atoms with Crippen LogP contribution >= 0.6 is 46.1 Å². The molecule has 3 atom stereocenters. The maximum atomic E-state index is 12.6. The van der Waals surface area contributed by atoms with Crippen molar-refractivity contribution >= 4 is 69.1 Å². The fourth-order valence-electron chi connectivity index (χ4n) is 4.67. The van der Waals surface area contributed by atoms with Gasteiger partial charge >= 0.3 is 5.97 Å². The molecule has 3 aromatic rings. The smallest absolute Gasteiger partial charge is 0.347 e. The van der Waals surface area contributed by atoms with Crippen molar-refractivity contribution in [3.63, 3.8) is 0 Å². The number of carbonyl (C=O) groups excluding carboxylic acids is 2. The molecule has 5 rings (SSSR count). The first-order valence-corrected chi connectivity index (χ1v) is 13.4. The number of nitrogens with one attached hydrogen (secondary N) is 3. The van der Waals surface area contributed by atoms with Crippen LogP contribution in [-0.4, -0.2) is 52.0 Å². The number of anilines is 1.